The third kappa shape index (κ3) is 20.1. The number of ether oxygens (including phenoxy) is 2. The van der Waals surface area contributed by atoms with E-state index < -0.39 is 32.5 Å². The Hall–Kier alpha value is -1.21. The lowest BCUT2D eigenvalue weighted by Crippen LogP contribution is -2.29. The number of esters is 2. The van der Waals surface area contributed by atoms with Crippen LogP contribution < -0.4 is 0 Å². The minimum atomic E-state index is -4.71. The molecular weight excluding hydrogens is 411 g/mol. The van der Waals surface area contributed by atoms with Gasteiger partial charge in [0.05, 0.1) is 6.61 Å². The highest BCUT2D eigenvalue weighted by Gasteiger charge is 2.22. The van der Waals surface area contributed by atoms with Crippen molar-refractivity contribution in [2.45, 2.75) is 97.0 Å². The van der Waals surface area contributed by atoms with Gasteiger partial charge in [0.25, 0.3) is 0 Å². The molecule has 0 aliphatic rings. The Morgan fingerprint density at radius 1 is 0.833 bits per heavy atom. The molecule has 8 nitrogen and oxygen atoms in total. The van der Waals surface area contributed by atoms with Crippen molar-refractivity contribution in [2.24, 2.45) is 0 Å². The van der Waals surface area contributed by atoms with Crippen LogP contribution in [0.5, 0.6) is 0 Å². The van der Waals surface area contributed by atoms with Crippen molar-refractivity contribution < 1.29 is 37.9 Å². The van der Waals surface area contributed by atoms with E-state index in [1.54, 1.807) is 0 Å². The lowest BCUT2D eigenvalue weighted by atomic mass is 10.1. The van der Waals surface area contributed by atoms with Gasteiger partial charge in [-0.15, -0.1) is 0 Å². The molecule has 9 heteroatoms. The van der Waals surface area contributed by atoms with Crippen LogP contribution in [0.2, 0.25) is 0 Å². The zero-order valence-electron chi connectivity index (χ0n) is 18.4. The second-order valence-electron chi connectivity index (χ2n) is 7.25. The zero-order valence-corrected chi connectivity index (χ0v) is 19.3. The minimum Gasteiger partial charge on any atom is -0.462 e. The van der Waals surface area contributed by atoms with Gasteiger partial charge in [-0.25, -0.2) is 4.57 Å². The second-order valence-corrected chi connectivity index (χ2v) is 8.49. The van der Waals surface area contributed by atoms with E-state index in [1.807, 2.05) is 6.92 Å². The first-order chi connectivity index (χ1) is 14.3. The number of hydrogen-bond donors (Lipinski definition) is 2. The van der Waals surface area contributed by atoms with Crippen molar-refractivity contribution in [1.82, 2.24) is 0 Å². The van der Waals surface area contributed by atoms with Gasteiger partial charge in [-0.2, -0.15) is 0 Å². The Bertz CT molecular complexity index is 529. The van der Waals surface area contributed by atoms with Crippen LogP contribution in [0, 0.1) is 0 Å². The fraction of sp³-hybridized carbons (Fsp3) is 0.810. The van der Waals surface area contributed by atoms with E-state index >= 15 is 0 Å². The van der Waals surface area contributed by atoms with Crippen molar-refractivity contribution in [1.29, 1.82) is 0 Å². The zero-order chi connectivity index (χ0) is 22.7. The summed E-state index contributed by atoms with van der Waals surface area (Å²) in [5.41, 5.74) is 0. The molecule has 0 heterocycles. The van der Waals surface area contributed by atoms with Crippen LogP contribution >= 0.6 is 7.82 Å². The van der Waals surface area contributed by atoms with Gasteiger partial charge in [-0.05, 0) is 32.1 Å². The van der Waals surface area contributed by atoms with E-state index in [1.165, 1.54) is 6.42 Å². The Morgan fingerprint density at radius 3 is 2.13 bits per heavy atom. The molecule has 2 N–H and O–H groups in total. The lowest BCUT2D eigenvalue weighted by Gasteiger charge is -2.18. The molecule has 0 rings (SSSR count). The van der Waals surface area contributed by atoms with Crippen molar-refractivity contribution >= 4 is 19.8 Å². The molecule has 0 aliphatic heterocycles. The smallest absolute Gasteiger partial charge is 0.462 e. The highest BCUT2D eigenvalue weighted by molar-refractivity contribution is 7.46. The minimum absolute atomic E-state index is 0.201. The summed E-state index contributed by atoms with van der Waals surface area (Å²) in [6.45, 7) is 3.27. The van der Waals surface area contributed by atoms with Gasteiger partial charge in [0.15, 0.2) is 6.10 Å². The summed E-state index contributed by atoms with van der Waals surface area (Å²) >= 11 is 0. The van der Waals surface area contributed by atoms with Crippen LogP contribution in [0.15, 0.2) is 12.2 Å². The average molecular weight is 451 g/mol. The van der Waals surface area contributed by atoms with E-state index in [2.05, 4.69) is 23.6 Å². The molecule has 0 aromatic rings. The van der Waals surface area contributed by atoms with Crippen LogP contribution in [0.3, 0.4) is 0 Å². The van der Waals surface area contributed by atoms with Gasteiger partial charge < -0.3 is 19.3 Å². The molecule has 176 valence electrons. The number of phosphoric acid groups is 1. The highest BCUT2D eigenvalue weighted by atomic mass is 31.2. The maximum Gasteiger partial charge on any atom is 0.469 e. The molecule has 0 aromatic carbocycles. The molecule has 0 aliphatic carbocycles. The maximum absolute atomic E-state index is 12.0. The Labute approximate surface area is 180 Å². The standard InChI is InChI=1S/C21H39O8P/c1-3-5-7-8-9-10-11-12-13-14-16-21(23)29-19(18-28-30(24,25)26)17-27-20(22)15-6-4-2/h7-8,19H,3-6,9-18H2,1-2H3,(H2,24,25,26)/b8-7+/t19-/m0/s1. The summed E-state index contributed by atoms with van der Waals surface area (Å²) in [7, 11) is -4.71. The molecule has 1 atom stereocenters. The molecule has 0 amide bonds. The summed E-state index contributed by atoms with van der Waals surface area (Å²) in [4.78, 5) is 41.3. The number of carbonyl (C=O) groups is 2. The number of unbranched alkanes of at least 4 members (excludes halogenated alkanes) is 7. The van der Waals surface area contributed by atoms with Gasteiger partial charge >= 0.3 is 19.8 Å². The van der Waals surface area contributed by atoms with Crippen LogP contribution in [0.25, 0.3) is 0 Å². The number of phosphoric ester groups is 1. The Morgan fingerprint density at radius 2 is 1.47 bits per heavy atom. The first kappa shape index (κ1) is 28.8. The third-order valence-electron chi connectivity index (χ3n) is 4.27. The van der Waals surface area contributed by atoms with Crippen molar-refractivity contribution in [3.8, 4) is 0 Å². The third-order valence-corrected chi connectivity index (χ3v) is 4.75. The maximum atomic E-state index is 12.0. The van der Waals surface area contributed by atoms with E-state index in [0.29, 0.717) is 12.8 Å². The fourth-order valence-corrected chi connectivity index (χ4v) is 2.95. The summed E-state index contributed by atoms with van der Waals surface area (Å²) in [5, 5.41) is 0. The number of allylic oxidation sites excluding steroid dienone is 2. The number of carbonyl (C=O) groups excluding carboxylic acids is 2. The van der Waals surface area contributed by atoms with E-state index in [9.17, 15) is 14.2 Å². The molecule has 0 unspecified atom stereocenters. The van der Waals surface area contributed by atoms with Gasteiger partial charge in [-0.3, -0.25) is 14.1 Å². The molecule has 0 spiro atoms. The van der Waals surface area contributed by atoms with Crippen LogP contribution in [-0.2, 0) is 28.2 Å². The Balaban J connectivity index is 4.11. The fourth-order valence-electron chi connectivity index (χ4n) is 2.58. The van der Waals surface area contributed by atoms with Crippen molar-refractivity contribution in [3.63, 3.8) is 0 Å². The SMILES string of the molecule is CCC/C=C/CCCCCCCC(=O)O[C@@H](COC(=O)CCCC)COP(=O)(O)O. The van der Waals surface area contributed by atoms with E-state index in [0.717, 1.165) is 44.9 Å². The lowest BCUT2D eigenvalue weighted by molar-refractivity contribution is -0.161. The summed E-state index contributed by atoms with van der Waals surface area (Å²) in [6, 6.07) is 0. The van der Waals surface area contributed by atoms with Crippen molar-refractivity contribution in [2.75, 3.05) is 13.2 Å². The van der Waals surface area contributed by atoms with Crippen LogP contribution in [0.1, 0.15) is 90.9 Å². The van der Waals surface area contributed by atoms with Crippen LogP contribution in [-0.4, -0.2) is 41.0 Å². The average Bonchev–Trinajstić information content (AvgIpc) is 2.69. The molecule has 0 aromatic heterocycles. The van der Waals surface area contributed by atoms with Gasteiger partial charge in [-0.1, -0.05) is 58.1 Å². The molecule has 0 saturated carbocycles. The topological polar surface area (TPSA) is 119 Å². The number of rotatable bonds is 19. The summed E-state index contributed by atoms with van der Waals surface area (Å²) in [6.07, 6.45) is 13.6. The number of hydrogen-bond acceptors (Lipinski definition) is 6. The molecule has 30 heavy (non-hydrogen) atoms. The largest absolute Gasteiger partial charge is 0.469 e. The normalized spacial score (nSPS) is 12.8. The highest BCUT2D eigenvalue weighted by Crippen LogP contribution is 2.35. The van der Waals surface area contributed by atoms with Gasteiger partial charge in [0, 0.05) is 12.8 Å². The predicted octanol–water partition coefficient (Wildman–Crippen LogP) is 4.83. The summed E-state index contributed by atoms with van der Waals surface area (Å²) in [5.74, 6) is -0.944. The molecule has 0 fully saturated rings. The van der Waals surface area contributed by atoms with E-state index in [4.69, 9.17) is 19.3 Å². The molecule has 0 radical (unpaired) electrons. The Kier molecular flexibility index (Phi) is 17.8. The second kappa shape index (κ2) is 18.6. The first-order valence-corrected chi connectivity index (χ1v) is 12.5. The summed E-state index contributed by atoms with van der Waals surface area (Å²) < 4.78 is 25.5. The predicted molar refractivity (Wildman–Crippen MR) is 115 cm³/mol. The molecule has 0 saturated heterocycles. The monoisotopic (exact) mass is 450 g/mol. The van der Waals surface area contributed by atoms with Crippen molar-refractivity contribution in [3.05, 3.63) is 12.2 Å². The van der Waals surface area contributed by atoms with Gasteiger partial charge in [0.2, 0.25) is 0 Å². The molecular formula is C21H39O8P. The van der Waals surface area contributed by atoms with Crippen LogP contribution in [0.4, 0.5) is 0 Å². The quantitative estimate of drug-likeness (QED) is 0.124. The molecule has 0 bridgehead atoms. The first-order valence-electron chi connectivity index (χ1n) is 11.0. The van der Waals surface area contributed by atoms with E-state index in [-0.39, 0.29) is 19.4 Å². The van der Waals surface area contributed by atoms with Gasteiger partial charge in [0.1, 0.15) is 6.61 Å².